The fourth-order valence-corrected chi connectivity index (χ4v) is 3.08. The Kier molecular flexibility index (Phi) is 6.03. The lowest BCUT2D eigenvalue weighted by Crippen LogP contribution is -2.33. The van der Waals surface area contributed by atoms with Gasteiger partial charge in [0.15, 0.2) is 5.96 Å². The molecule has 0 amide bonds. The van der Waals surface area contributed by atoms with E-state index in [0.29, 0.717) is 18.4 Å². The van der Waals surface area contributed by atoms with Gasteiger partial charge in [0.05, 0.1) is 5.02 Å². The summed E-state index contributed by atoms with van der Waals surface area (Å²) in [6.45, 7) is 4.52. The number of nitrogens with zero attached hydrogens (tertiary/aromatic N) is 2. The number of rotatable bonds is 5. The van der Waals surface area contributed by atoms with Crippen LogP contribution in [0.25, 0.3) is 0 Å². The van der Waals surface area contributed by atoms with Crippen molar-refractivity contribution in [3.63, 3.8) is 0 Å². The van der Waals surface area contributed by atoms with E-state index in [1.807, 2.05) is 6.07 Å². The van der Waals surface area contributed by atoms with E-state index in [9.17, 15) is 4.39 Å². The van der Waals surface area contributed by atoms with E-state index in [-0.39, 0.29) is 16.9 Å². The Bertz CT molecular complexity index is 535. The lowest BCUT2D eigenvalue weighted by Gasteiger charge is -2.25. The molecule has 0 aliphatic carbocycles. The molecule has 0 spiro atoms. The molecule has 1 aromatic rings. The zero-order valence-corrected chi connectivity index (χ0v) is 13.9. The first-order chi connectivity index (χ1) is 10.5. The summed E-state index contributed by atoms with van der Waals surface area (Å²) in [7, 11) is 2.06. The summed E-state index contributed by atoms with van der Waals surface area (Å²) < 4.78 is 13.7. The molecule has 6 heteroatoms. The lowest BCUT2D eigenvalue weighted by atomic mass is 9.94. The number of nitrogens with one attached hydrogen (secondary N) is 1. The van der Waals surface area contributed by atoms with Gasteiger partial charge in [-0.15, -0.1) is 0 Å². The zero-order chi connectivity index (χ0) is 16.1. The van der Waals surface area contributed by atoms with Crippen molar-refractivity contribution in [2.75, 3.05) is 26.7 Å². The van der Waals surface area contributed by atoms with Gasteiger partial charge in [-0.05, 0) is 50.0 Å². The van der Waals surface area contributed by atoms with Crippen LogP contribution in [-0.2, 0) is 0 Å². The van der Waals surface area contributed by atoms with Crippen molar-refractivity contribution in [2.45, 2.75) is 25.8 Å². The van der Waals surface area contributed by atoms with Crippen LogP contribution in [0.5, 0.6) is 0 Å². The molecule has 1 aromatic carbocycles. The Morgan fingerprint density at radius 2 is 2.32 bits per heavy atom. The SMILES string of the molecule is CCCNC(N)=NCC1CCN(C)C1c1ccc(Cl)c(F)c1. The van der Waals surface area contributed by atoms with Crippen molar-refractivity contribution in [3.05, 3.63) is 34.6 Å². The minimum Gasteiger partial charge on any atom is -0.370 e. The highest BCUT2D eigenvalue weighted by molar-refractivity contribution is 6.30. The minimum atomic E-state index is -0.370. The van der Waals surface area contributed by atoms with Gasteiger partial charge < -0.3 is 11.1 Å². The van der Waals surface area contributed by atoms with Crippen LogP contribution in [-0.4, -0.2) is 37.5 Å². The molecule has 0 aromatic heterocycles. The van der Waals surface area contributed by atoms with E-state index >= 15 is 0 Å². The van der Waals surface area contributed by atoms with E-state index in [0.717, 1.165) is 31.5 Å². The first-order valence-corrected chi connectivity index (χ1v) is 8.09. The molecular weight excluding hydrogens is 303 g/mol. The molecule has 122 valence electrons. The molecule has 0 bridgehead atoms. The Labute approximate surface area is 136 Å². The second kappa shape index (κ2) is 7.79. The molecule has 1 saturated heterocycles. The number of aliphatic imine (C=N–C) groups is 1. The third-order valence-electron chi connectivity index (χ3n) is 4.11. The molecule has 1 fully saturated rings. The Morgan fingerprint density at radius 3 is 3.00 bits per heavy atom. The third-order valence-corrected chi connectivity index (χ3v) is 4.42. The van der Waals surface area contributed by atoms with Crippen LogP contribution in [0.3, 0.4) is 0 Å². The van der Waals surface area contributed by atoms with Crippen molar-refractivity contribution in [1.82, 2.24) is 10.2 Å². The molecule has 2 unspecified atom stereocenters. The Hall–Kier alpha value is -1.33. The molecule has 3 N–H and O–H groups in total. The fourth-order valence-electron chi connectivity index (χ4n) is 2.97. The predicted octanol–water partition coefficient (Wildman–Crippen LogP) is 2.79. The molecule has 1 aliphatic rings. The van der Waals surface area contributed by atoms with Crippen LogP contribution in [0.4, 0.5) is 4.39 Å². The first-order valence-electron chi connectivity index (χ1n) is 7.72. The predicted molar refractivity (Wildman–Crippen MR) is 89.7 cm³/mol. The zero-order valence-electron chi connectivity index (χ0n) is 13.1. The number of nitrogens with two attached hydrogens (primary N) is 1. The smallest absolute Gasteiger partial charge is 0.188 e. The van der Waals surface area contributed by atoms with Crippen molar-refractivity contribution < 1.29 is 4.39 Å². The van der Waals surface area contributed by atoms with Gasteiger partial charge >= 0.3 is 0 Å². The molecular formula is C16H24ClFN4. The van der Waals surface area contributed by atoms with Crippen LogP contribution in [0.15, 0.2) is 23.2 Å². The van der Waals surface area contributed by atoms with Crippen LogP contribution in [0.2, 0.25) is 5.02 Å². The lowest BCUT2D eigenvalue weighted by molar-refractivity contribution is 0.279. The van der Waals surface area contributed by atoms with E-state index in [1.165, 1.54) is 6.07 Å². The molecule has 0 saturated carbocycles. The van der Waals surface area contributed by atoms with E-state index in [1.54, 1.807) is 6.07 Å². The number of benzene rings is 1. The maximum absolute atomic E-state index is 13.7. The normalized spacial score (nSPS) is 23.0. The standard InChI is InChI=1S/C16H24ClFN4/c1-3-7-20-16(19)21-10-12-6-8-22(2)15(12)11-4-5-13(17)14(18)9-11/h4-5,9,12,15H,3,6-8,10H2,1-2H3,(H3,19,20,21). The summed E-state index contributed by atoms with van der Waals surface area (Å²) in [4.78, 5) is 6.67. The number of hydrogen-bond acceptors (Lipinski definition) is 2. The summed E-state index contributed by atoms with van der Waals surface area (Å²) in [6.07, 6.45) is 2.03. The van der Waals surface area contributed by atoms with Crippen LogP contribution < -0.4 is 11.1 Å². The molecule has 4 nitrogen and oxygen atoms in total. The molecule has 2 atom stereocenters. The number of likely N-dealkylation sites (tertiary alicyclic amines) is 1. The van der Waals surface area contributed by atoms with E-state index < -0.39 is 0 Å². The number of halogens is 2. The first kappa shape index (κ1) is 17.0. The fraction of sp³-hybridized carbons (Fsp3) is 0.562. The van der Waals surface area contributed by atoms with Crippen LogP contribution in [0.1, 0.15) is 31.4 Å². The van der Waals surface area contributed by atoms with Gasteiger partial charge in [-0.25, -0.2) is 4.39 Å². The number of hydrogen-bond donors (Lipinski definition) is 2. The van der Waals surface area contributed by atoms with Gasteiger partial charge in [-0.1, -0.05) is 24.6 Å². The van der Waals surface area contributed by atoms with E-state index in [4.69, 9.17) is 17.3 Å². The van der Waals surface area contributed by atoms with Crippen LogP contribution in [0, 0.1) is 11.7 Å². The van der Waals surface area contributed by atoms with Crippen molar-refractivity contribution in [2.24, 2.45) is 16.6 Å². The Morgan fingerprint density at radius 1 is 1.55 bits per heavy atom. The van der Waals surface area contributed by atoms with Gasteiger partial charge in [0.2, 0.25) is 0 Å². The highest BCUT2D eigenvalue weighted by atomic mass is 35.5. The summed E-state index contributed by atoms with van der Waals surface area (Å²) in [6, 6.07) is 5.20. The highest BCUT2D eigenvalue weighted by Gasteiger charge is 2.33. The van der Waals surface area contributed by atoms with Gasteiger partial charge in [0.25, 0.3) is 0 Å². The van der Waals surface area contributed by atoms with Gasteiger partial charge in [0, 0.05) is 19.1 Å². The van der Waals surface area contributed by atoms with Crippen LogP contribution >= 0.6 is 11.6 Å². The maximum atomic E-state index is 13.7. The molecule has 0 radical (unpaired) electrons. The average molecular weight is 327 g/mol. The summed E-state index contributed by atoms with van der Waals surface area (Å²) in [5.74, 6) is 0.441. The Balaban J connectivity index is 2.09. The monoisotopic (exact) mass is 326 g/mol. The van der Waals surface area contributed by atoms with Crippen molar-refractivity contribution in [3.8, 4) is 0 Å². The van der Waals surface area contributed by atoms with Crippen molar-refractivity contribution in [1.29, 1.82) is 0 Å². The molecule has 2 rings (SSSR count). The van der Waals surface area contributed by atoms with Gasteiger partial charge in [0.1, 0.15) is 5.82 Å². The topological polar surface area (TPSA) is 53.6 Å². The summed E-state index contributed by atoms with van der Waals surface area (Å²) >= 11 is 5.78. The third kappa shape index (κ3) is 4.11. The van der Waals surface area contributed by atoms with Gasteiger partial charge in [-0.2, -0.15) is 0 Å². The second-order valence-electron chi connectivity index (χ2n) is 5.80. The molecule has 22 heavy (non-hydrogen) atoms. The van der Waals surface area contributed by atoms with E-state index in [2.05, 4.69) is 29.2 Å². The quantitative estimate of drug-likeness (QED) is 0.646. The highest BCUT2D eigenvalue weighted by Crippen LogP contribution is 2.37. The second-order valence-corrected chi connectivity index (χ2v) is 6.21. The molecule has 1 heterocycles. The number of guanidine groups is 1. The largest absolute Gasteiger partial charge is 0.370 e. The maximum Gasteiger partial charge on any atom is 0.188 e. The summed E-state index contributed by atoms with van der Waals surface area (Å²) in [5, 5.41) is 3.23. The minimum absolute atomic E-state index is 0.148. The average Bonchev–Trinajstić information content (AvgIpc) is 2.87. The van der Waals surface area contributed by atoms with Crippen molar-refractivity contribution >= 4 is 17.6 Å². The summed E-state index contributed by atoms with van der Waals surface area (Å²) in [5.41, 5.74) is 6.79. The molecule has 1 aliphatic heterocycles. The van der Waals surface area contributed by atoms with Gasteiger partial charge in [-0.3, -0.25) is 9.89 Å².